The molecule has 1 aromatic rings. The molecule has 2 fully saturated rings. The van der Waals surface area contributed by atoms with Gasteiger partial charge in [0.15, 0.2) is 0 Å². The van der Waals surface area contributed by atoms with Gasteiger partial charge in [0.2, 0.25) is 0 Å². The maximum absolute atomic E-state index is 10.8. The van der Waals surface area contributed by atoms with Gasteiger partial charge in [0.05, 0.1) is 18.2 Å². The molecule has 2 aliphatic rings. The van der Waals surface area contributed by atoms with Crippen LogP contribution in [0.15, 0.2) is 12.5 Å². The lowest BCUT2D eigenvalue weighted by atomic mass is 9.76. The van der Waals surface area contributed by atoms with Gasteiger partial charge in [-0.1, -0.05) is 6.42 Å². The van der Waals surface area contributed by atoms with Crippen molar-refractivity contribution in [2.75, 3.05) is 0 Å². The molecule has 0 radical (unpaired) electrons. The molecule has 0 aliphatic carbocycles. The van der Waals surface area contributed by atoms with Gasteiger partial charge >= 0.3 is 0 Å². The minimum absolute atomic E-state index is 0.479. The van der Waals surface area contributed by atoms with Crippen LogP contribution in [0.4, 0.5) is 0 Å². The third kappa shape index (κ3) is 1.57. The molecule has 2 N–H and O–H groups in total. The zero-order valence-corrected chi connectivity index (χ0v) is 9.69. The van der Waals surface area contributed by atoms with Gasteiger partial charge in [-0.2, -0.15) is 0 Å². The summed E-state index contributed by atoms with van der Waals surface area (Å²) in [4.78, 5) is 4.12. The number of rotatable bonds is 1. The molecule has 2 atom stereocenters. The van der Waals surface area contributed by atoms with Gasteiger partial charge in [-0.25, -0.2) is 4.98 Å². The summed E-state index contributed by atoms with van der Waals surface area (Å²) in [6, 6.07) is 0.958. The number of hydrogen-bond donors (Lipinski definition) is 2. The second-order valence-corrected chi connectivity index (χ2v) is 5.32. The van der Waals surface area contributed by atoms with Crippen LogP contribution in [-0.2, 0) is 12.6 Å². The SMILES string of the molecule is Cn1cncc1C1(O)CC2CCCC(C1)N2. The van der Waals surface area contributed by atoms with Crippen LogP contribution in [0.1, 0.15) is 37.8 Å². The fourth-order valence-corrected chi connectivity index (χ4v) is 3.35. The standard InChI is InChI=1S/C12H19N3O/c1-15-8-13-7-11(15)12(16)5-9-3-2-4-10(6-12)14-9/h7-10,14,16H,2-6H2,1H3. The first-order valence-electron chi connectivity index (χ1n) is 6.13. The number of aryl methyl sites for hydroxylation is 1. The number of fused-ring (bicyclic) bond motifs is 2. The molecule has 4 nitrogen and oxygen atoms in total. The van der Waals surface area contributed by atoms with E-state index in [1.807, 2.05) is 11.6 Å². The highest BCUT2D eigenvalue weighted by molar-refractivity contribution is 5.14. The van der Waals surface area contributed by atoms with Crippen LogP contribution < -0.4 is 5.32 Å². The van der Waals surface area contributed by atoms with E-state index in [1.165, 1.54) is 19.3 Å². The molecule has 16 heavy (non-hydrogen) atoms. The van der Waals surface area contributed by atoms with Crippen LogP contribution in [0.2, 0.25) is 0 Å². The molecule has 3 heterocycles. The van der Waals surface area contributed by atoms with Crippen LogP contribution >= 0.6 is 0 Å². The van der Waals surface area contributed by atoms with Gasteiger partial charge in [-0.3, -0.25) is 0 Å². The van der Waals surface area contributed by atoms with E-state index < -0.39 is 5.60 Å². The summed E-state index contributed by atoms with van der Waals surface area (Å²) in [5.41, 5.74) is 0.289. The Morgan fingerprint density at radius 1 is 1.44 bits per heavy atom. The minimum atomic E-state index is -0.674. The number of aliphatic hydroxyl groups is 1. The molecule has 4 heteroatoms. The summed E-state index contributed by atoms with van der Waals surface area (Å²) < 4.78 is 1.95. The number of piperidine rings is 2. The largest absolute Gasteiger partial charge is 0.383 e. The Morgan fingerprint density at radius 3 is 2.69 bits per heavy atom. The molecule has 88 valence electrons. The van der Waals surface area contributed by atoms with Gasteiger partial charge in [-0.05, 0) is 25.7 Å². The number of hydrogen-bond acceptors (Lipinski definition) is 3. The van der Waals surface area contributed by atoms with Crippen molar-refractivity contribution < 1.29 is 5.11 Å². The Hall–Kier alpha value is -0.870. The maximum Gasteiger partial charge on any atom is 0.109 e. The second kappa shape index (κ2) is 3.57. The topological polar surface area (TPSA) is 50.1 Å². The van der Waals surface area contributed by atoms with Crippen LogP contribution in [0.5, 0.6) is 0 Å². The first kappa shape index (κ1) is 10.3. The molecule has 3 rings (SSSR count). The number of nitrogens with one attached hydrogen (secondary N) is 1. The van der Waals surface area contributed by atoms with E-state index in [0.717, 1.165) is 18.5 Å². The maximum atomic E-state index is 10.8. The normalized spacial score (nSPS) is 38.6. The lowest BCUT2D eigenvalue weighted by Crippen LogP contribution is -2.54. The van der Waals surface area contributed by atoms with Crippen molar-refractivity contribution in [3.05, 3.63) is 18.2 Å². The zero-order chi connectivity index (χ0) is 11.2. The first-order valence-corrected chi connectivity index (χ1v) is 6.13. The van der Waals surface area contributed by atoms with Crippen molar-refractivity contribution in [3.8, 4) is 0 Å². The average Bonchev–Trinajstić information content (AvgIpc) is 2.64. The molecule has 2 bridgehead atoms. The van der Waals surface area contributed by atoms with E-state index in [2.05, 4.69) is 10.3 Å². The van der Waals surface area contributed by atoms with Gasteiger partial charge in [0.1, 0.15) is 5.60 Å². The van der Waals surface area contributed by atoms with Gasteiger partial charge in [0.25, 0.3) is 0 Å². The van der Waals surface area contributed by atoms with E-state index in [-0.39, 0.29) is 0 Å². The van der Waals surface area contributed by atoms with E-state index in [0.29, 0.717) is 12.1 Å². The van der Waals surface area contributed by atoms with Crippen molar-refractivity contribution in [2.45, 2.75) is 49.8 Å². The van der Waals surface area contributed by atoms with Crippen LogP contribution in [0.25, 0.3) is 0 Å². The molecule has 0 spiro atoms. The highest BCUT2D eigenvalue weighted by Gasteiger charge is 2.43. The summed E-state index contributed by atoms with van der Waals surface area (Å²) >= 11 is 0. The summed E-state index contributed by atoms with van der Waals surface area (Å²) in [6.45, 7) is 0. The smallest absolute Gasteiger partial charge is 0.109 e. The molecule has 1 aromatic heterocycles. The molecule has 2 saturated heterocycles. The lowest BCUT2D eigenvalue weighted by molar-refractivity contribution is -0.0412. The van der Waals surface area contributed by atoms with Crippen molar-refractivity contribution in [1.29, 1.82) is 0 Å². The third-order valence-electron chi connectivity index (χ3n) is 4.04. The summed E-state index contributed by atoms with van der Waals surface area (Å²) in [7, 11) is 1.96. The predicted molar refractivity (Wildman–Crippen MR) is 60.9 cm³/mol. The van der Waals surface area contributed by atoms with E-state index in [1.54, 1.807) is 12.5 Å². The van der Waals surface area contributed by atoms with Crippen molar-refractivity contribution >= 4 is 0 Å². The Labute approximate surface area is 95.7 Å². The van der Waals surface area contributed by atoms with Crippen molar-refractivity contribution in [1.82, 2.24) is 14.9 Å². The number of aromatic nitrogens is 2. The summed E-state index contributed by atoms with van der Waals surface area (Å²) in [6.07, 6.45) is 8.90. The monoisotopic (exact) mass is 221 g/mol. The summed E-state index contributed by atoms with van der Waals surface area (Å²) in [5, 5.41) is 14.4. The number of nitrogens with zero attached hydrogens (tertiary/aromatic N) is 2. The fraction of sp³-hybridized carbons (Fsp3) is 0.750. The molecular weight excluding hydrogens is 202 g/mol. The number of imidazole rings is 1. The molecule has 2 unspecified atom stereocenters. The van der Waals surface area contributed by atoms with Crippen LogP contribution in [0, 0.1) is 0 Å². The predicted octanol–water partition coefficient (Wildman–Crippen LogP) is 0.912. The molecule has 0 saturated carbocycles. The molecule has 0 amide bonds. The minimum Gasteiger partial charge on any atom is -0.383 e. The van der Waals surface area contributed by atoms with E-state index in [4.69, 9.17) is 0 Å². The zero-order valence-electron chi connectivity index (χ0n) is 9.69. The molecule has 0 aromatic carbocycles. The summed E-state index contributed by atoms with van der Waals surface area (Å²) in [5.74, 6) is 0. The first-order chi connectivity index (χ1) is 7.67. The lowest BCUT2D eigenvalue weighted by Gasteiger charge is -2.45. The second-order valence-electron chi connectivity index (χ2n) is 5.32. The molecular formula is C12H19N3O. The van der Waals surface area contributed by atoms with Crippen LogP contribution in [-0.4, -0.2) is 26.7 Å². The van der Waals surface area contributed by atoms with Crippen molar-refractivity contribution in [2.24, 2.45) is 7.05 Å². The Kier molecular flexibility index (Phi) is 2.30. The van der Waals surface area contributed by atoms with Gasteiger partial charge in [0, 0.05) is 19.1 Å². The quantitative estimate of drug-likeness (QED) is 0.741. The van der Waals surface area contributed by atoms with Gasteiger partial charge in [-0.15, -0.1) is 0 Å². The Morgan fingerprint density at radius 2 is 2.12 bits per heavy atom. The molecule has 2 aliphatic heterocycles. The third-order valence-corrected chi connectivity index (χ3v) is 4.04. The van der Waals surface area contributed by atoms with Crippen LogP contribution in [0.3, 0.4) is 0 Å². The van der Waals surface area contributed by atoms with Gasteiger partial charge < -0.3 is 15.0 Å². The highest BCUT2D eigenvalue weighted by Crippen LogP contribution is 2.39. The van der Waals surface area contributed by atoms with E-state index in [9.17, 15) is 5.11 Å². The fourth-order valence-electron chi connectivity index (χ4n) is 3.35. The highest BCUT2D eigenvalue weighted by atomic mass is 16.3. The average molecular weight is 221 g/mol. The Bertz CT molecular complexity index is 375. The van der Waals surface area contributed by atoms with Crippen molar-refractivity contribution in [3.63, 3.8) is 0 Å². The Balaban J connectivity index is 1.91. The van der Waals surface area contributed by atoms with E-state index >= 15 is 0 Å².